The normalized spacial score (nSPS) is 12.8. The first-order valence-electron chi connectivity index (χ1n) is 10.8. The number of para-hydroxylation sites is 1. The van der Waals surface area contributed by atoms with E-state index >= 15 is 0 Å². The second-order valence-corrected chi connectivity index (χ2v) is 8.02. The molecule has 3 aromatic carbocycles. The van der Waals surface area contributed by atoms with Gasteiger partial charge in [-0.05, 0) is 49.2 Å². The maximum atomic E-state index is 12.9. The number of amides is 3. The smallest absolute Gasteiger partial charge is 0.274 e. The Morgan fingerprint density at radius 1 is 0.882 bits per heavy atom. The van der Waals surface area contributed by atoms with Gasteiger partial charge in [-0.2, -0.15) is 0 Å². The molecule has 1 aliphatic rings. The largest absolute Gasteiger partial charge is 0.280 e. The van der Waals surface area contributed by atoms with Crippen molar-refractivity contribution in [2.75, 3.05) is 12.0 Å². The Labute approximate surface area is 194 Å². The first-order chi connectivity index (χ1) is 16.4. The van der Waals surface area contributed by atoms with Crippen LogP contribution in [0.15, 0.2) is 77.6 Å². The molecule has 1 aliphatic heterocycles. The van der Waals surface area contributed by atoms with Gasteiger partial charge >= 0.3 is 0 Å². The van der Waals surface area contributed by atoms with E-state index in [2.05, 4.69) is 10.4 Å². The van der Waals surface area contributed by atoms with Crippen LogP contribution in [0.3, 0.4) is 0 Å². The Morgan fingerprint density at radius 3 is 2.38 bits per heavy atom. The number of rotatable bonds is 5. The minimum Gasteiger partial charge on any atom is -0.274 e. The Hall–Kier alpha value is -4.59. The minimum absolute atomic E-state index is 0.157. The summed E-state index contributed by atoms with van der Waals surface area (Å²) in [7, 11) is 0. The van der Waals surface area contributed by atoms with Gasteiger partial charge in [0.25, 0.3) is 23.3 Å². The third kappa shape index (κ3) is 3.65. The number of fused-ring (bicyclic) bond motifs is 2. The van der Waals surface area contributed by atoms with Crippen molar-refractivity contribution < 1.29 is 14.4 Å². The zero-order chi connectivity index (χ0) is 23.8. The van der Waals surface area contributed by atoms with Crippen molar-refractivity contribution in [2.24, 2.45) is 0 Å². The number of aryl methyl sites for hydroxylation is 1. The van der Waals surface area contributed by atoms with Gasteiger partial charge in [0.1, 0.15) is 5.82 Å². The number of hydrogen-bond donors (Lipinski definition) is 1. The van der Waals surface area contributed by atoms with Gasteiger partial charge in [-0.25, -0.2) is 9.66 Å². The van der Waals surface area contributed by atoms with E-state index in [1.165, 1.54) is 23.1 Å². The topological polar surface area (TPSA) is 101 Å². The van der Waals surface area contributed by atoms with Crippen molar-refractivity contribution in [1.29, 1.82) is 0 Å². The Balaban J connectivity index is 1.39. The Bertz CT molecular complexity index is 1530. The van der Waals surface area contributed by atoms with Gasteiger partial charge in [-0.15, -0.1) is 0 Å². The molecule has 34 heavy (non-hydrogen) atoms. The van der Waals surface area contributed by atoms with Gasteiger partial charge in [0.05, 0.1) is 22.0 Å². The number of benzene rings is 3. The molecule has 8 heteroatoms. The average molecular weight is 452 g/mol. The van der Waals surface area contributed by atoms with Crippen LogP contribution in [0.4, 0.5) is 0 Å². The summed E-state index contributed by atoms with van der Waals surface area (Å²) < 4.78 is 1.08. The van der Waals surface area contributed by atoms with Gasteiger partial charge in [0.15, 0.2) is 0 Å². The number of carbonyl (C=O) groups excluding carboxylic acids is 3. The zero-order valence-corrected chi connectivity index (χ0v) is 18.3. The molecule has 0 spiro atoms. The lowest BCUT2D eigenvalue weighted by Gasteiger charge is -2.13. The minimum atomic E-state index is -0.590. The highest BCUT2D eigenvalue weighted by atomic mass is 16.2. The number of imide groups is 1. The van der Waals surface area contributed by atoms with E-state index < -0.39 is 17.4 Å². The van der Waals surface area contributed by atoms with E-state index in [1.54, 1.807) is 31.2 Å². The lowest BCUT2D eigenvalue weighted by molar-refractivity contribution is 0.0656. The molecule has 0 atom stereocenters. The standard InChI is InChI=1S/C26H20N4O4/c1-16-27-22-10-6-5-9-20(22)26(34)30(16)28-23(31)18-11-12-19-21(15-18)25(33)29(24(19)32)14-13-17-7-3-2-4-8-17/h2-12,15H,13-14H2,1H3,(H,28,31). The SMILES string of the molecule is Cc1nc2ccccc2c(=O)n1NC(=O)c1ccc2c(c1)C(=O)N(CCc1ccccc1)C2=O. The van der Waals surface area contributed by atoms with Crippen molar-refractivity contribution >= 4 is 28.6 Å². The van der Waals surface area contributed by atoms with Crippen LogP contribution in [-0.4, -0.2) is 38.8 Å². The van der Waals surface area contributed by atoms with Crippen molar-refractivity contribution in [2.45, 2.75) is 13.3 Å². The predicted octanol–water partition coefficient (Wildman–Crippen LogP) is 2.93. The molecular weight excluding hydrogens is 432 g/mol. The maximum absolute atomic E-state index is 12.9. The Morgan fingerprint density at radius 2 is 1.59 bits per heavy atom. The predicted molar refractivity (Wildman–Crippen MR) is 126 cm³/mol. The van der Waals surface area contributed by atoms with Crippen LogP contribution in [0, 0.1) is 6.92 Å². The molecule has 0 fully saturated rings. The second kappa shape index (κ2) is 8.40. The van der Waals surface area contributed by atoms with E-state index in [0.29, 0.717) is 23.1 Å². The van der Waals surface area contributed by atoms with E-state index in [-0.39, 0.29) is 29.1 Å². The first-order valence-corrected chi connectivity index (χ1v) is 10.8. The van der Waals surface area contributed by atoms with Crippen molar-refractivity contribution in [3.8, 4) is 0 Å². The fourth-order valence-electron chi connectivity index (χ4n) is 4.06. The number of nitrogens with zero attached hydrogens (tertiary/aromatic N) is 3. The van der Waals surface area contributed by atoms with Crippen LogP contribution in [0.25, 0.3) is 10.9 Å². The zero-order valence-electron chi connectivity index (χ0n) is 18.3. The van der Waals surface area contributed by atoms with Gasteiger partial charge in [-0.1, -0.05) is 42.5 Å². The third-order valence-electron chi connectivity index (χ3n) is 5.86. The molecule has 0 aliphatic carbocycles. The molecule has 4 aromatic rings. The highest BCUT2D eigenvalue weighted by Gasteiger charge is 2.35. The van der Waals surface area contributed by atoms with Gasteiger partial charge in [0.2, 0.25) is 0 Å². The van der Waals surface area contributed by atoms with E-state index in [4.69, 9.17) is 0 Å². The molecule has 0 bridgehead atoms. The molecule has 0 saturated heterocycles. The Kier molecular flexibility index (Phi) is 5.25. The summed E-state index contributed by atoms with van der Waals surface area (Å²) in [6, 6.07) is 20.8. The highest BCUT2D eigenvalue weighted by molar-refractivity contribution is 6.22. The number of hydrogen-bond acceptors (Lipinski definition) is 5. The number of nitrogens with one attached hydrogen (secondary N) is 1. The van der Waals surface area contributed by atoms with Crippen molar-refractivity contribution in [1.82, 2.24) is 14.6 Å². The van der Waals surface area contributed by atoms with E-state index in [1.807, 2.05) is 30.3 Å². The van der Waals surface area contributed by atoms with Crippen LogP contribution >= 0.6 is 0 Å². The molecule has 1 N–H and O–H groups in total. The summed E-state index contributed by atoms with van der Waals surface area (Å²) in [5.41, 5.74) is 4.29. The lowest BCUT2D eigenvalue weighted by atomic mass is 10.1. The fraction of sp³-hybridized carbons (Fsp3) is 0.115. The van der Waals surface area contributed by atoms with Gasteiger partial charge in [0, 0.05) is 12.1 Å². The molecule has 0 radical (unpaired) electrons. The average Bonchev–Trinajstić information content (AvgIpc) is 3.09. The van der Waals surface area contributed by atoms with Gasteiger partial charge in [-0.3, -0.25) is 29.5 Å². The first kappa shape index (κ1) is 21.3. The number of aromatic nitrogens is 2. The molecule has 0 unspecified atom stereocenters. The second-order valence-electron chi connectivity index (χ2n) is 8.02. The molecule has 0 saturated carbocycles. The fourth-order valence-corrected chi connectivity index (χ4v) is 4.06. The quantitative estimate of drug-likeness (QED) is 0.469. The van der Waals surface area contributed by atoms with Crippen molar-refractivity contribution in [3.63, 3.8) is 0 Å². The summed E-state index contributed by atoms with van der Waals surface area (Å²) >= 11 is 0. The monoisotopic (exact) mass is 452 g/mol. The lowest BCUT2D eigenvalue weighted by Crippen LogP contribution is -2.35. The van der Waals surface area contributed by atoms with Crippen LogP contribution in [-0.2, 0) is 6.42 Å². The number of carbonyl (C=O) groups is 3. The maximum Gasteiger partial charge on any atom is 0.280 e. The highest BCUT2D eigenvalue weighted by Crippen LogP contribution is 2.24. The third-order valence-corrected chi connectivity index (χ3v) is 5.86. The molecule has 8 nitrogen and oxygen atoms in total. The molecule has 3 amide bonds. The summed E-state index contributed by atoms with van der Waals surface area (Å²) in [5, 5.41) is 0.372. The van der Waals surface area contributed by atoms with Crippen LogP contribution < -0.4 is 11.0 Å². The molecule has 1 aromatic heterocycles. The summed E-state index contributed by atoms with van der Waals surface area (Å²) in [4.78, 5) is 57.0. The van der Waals surface area contributed by atoms with E-state index in [9.17, 15) is 19.2 Å². The summed E-state index contributed by atoms with van der Waals surface area (Å²) in [5.74, 6) is -1.09. The molecule has 5 rings (SSSR count). The molecule has 168 valence electrons. The molecule has 2 heterocycles. The van der Waals surface area contributed by atoms with Crippen molar-refractivity contribution in [3.05, 3.63) is 111 Å². The van der Waals surface area contributed by atoms with Crippen LogP contribution in [0.2, 0.25) is 0 Å². The van der Waals surface area contributed by atoms with Gasteiger partial charge < -0.3 is 0 Å². The van der Waals surface area contributed by atoms with E-state index in [0.717, 1.165) is 10.2 Å². The summed E-state index contributed by atoms with van der Waals surface area (Å²) in [6.07, 6.45) is 0.539. The summed E-state index contributed by atoms with van der Waals surface area (Å²) in [6.45, 7) is 1.86. The molecular formula is C26H20N4O4. The van der Waals surface area contributed by atoms with Crippen LogP contribution in [0.1, 0.15) is 42.5 Å². The van der Waals surface area contributed by atoms with Crippen LogP contribution in [0.5, 0.6) is 0 Å².